The van der Waals surface area contributed by atoms with Gasteiger partial charge in [0.25, 0.3) is 0 Å². The lowest BCUT2D eigenvalue weighted by molar-refractivity contribution is -0.144. The summed E-state index contributed by atoms with van der Waals surface area (Å²) in [7, 11) is -3.77. The molecule has 0 bridgehead atoms. The number of benzene rings is 3. The second-order valence-corrected chi connectivity index (χ2v) is 11.6. The number of nitriles is 1. The summed E-state index contributed by atoms with van der Waals surface area (Å²) in [4.78, 5) is 12.5. The van der Waals surface area contributed by atoms with Crippen LogP contribution in [0, 0.1) is 31.1 Å². The summed E-state index contributed by atoms with van der Waals surface area (Å²) in [6.45, 7) is 5.68. The second-order valence-electron chi connectivity index (χ2n) is 9.79. The molecule has 0 saturated heterocycles. The lowest BCUT2D eigenvalue weighted by atomic mass is 10.1. The van der Waals surface area contributed by atoms with Crippen molar-refractivity contribution in [1.29, 1.82) is 5.26 Å². The van der Waals surface area contributed by atoms with Crippen LogP contribution in [0.1, 0.15) is 65.2 Å². The molecule has 6 nitrogen and oxygen atoms in total. The van der Waals surface area contributed by atoms with Crippen molar-refractivity contribution >= 4 is 15.8 Å². The minimum absolute atomic E-state index is 0.0582. The number of carbonyl (C=O) groups is 1. The van der Waals surface area contributed by atoms with Crippen molar-refractivity contribution in [2.45, 2.75) is 61.8 Å². The Morgan fingerprint density at radius 3 is 2.43 bits per heavy atom. The number of aryl methyl sites for hydroxylation is 2. The normalized spacial score (nSPS) is 20.1. The van der Waals surface area contributed by atoms with E-state index in [4.69, 9.17) is 9.47 Å². The van der Waals surface area contributed by atoms with Crippen molar-refractivity contribution in [3.63, 3.8) is 0 Å². The van der Waals surface area contributed by atoms with Crippen molar-refractivity contribution in [3.8, 4) is 11.8 Å². The smallest absolute Gasteiger partial charge is 0.309 e. The van der Waals surface area contributed by atoms with Crippen molar-refractivity contribution in [2.75, 3.05) is 6.61 Å². The van der Waals surface area contributed by atoms with E-state index in [1.54, 1.807) is 38.1 Å². The summed E-state index contributed by atoms with van der Waals surface area (Å²) in [6.07, 6.45) is 1.85. The number of hydrogen-bond donors (Lipinski definition) is 0. The topological polar surface area (TPSA) is 93.5 Å². The fraction of sp³-hybridized carbons (Fsp3) is 0.333. The second kappa shape index (κ2) is 9.68. The highest BCUT2D eigenvalue weighted by atomic mass is 32.2. The quantitative estimate of drug-likeness (QED) is 0.373. The molecule has 3 aromatic rings. The van der Waals surface area contributed by atoms with Gasteiger partial charge in [0.1, 0.15) is 11.9 Å². The van der Waals surface area contributed by atoms with Gasteiger partial charge in [-0.2, -0.15) is 5.26 Å². The molecule has 0 heterocycles. The van der Waals surface area contributed by atoms with E-state index in [9.17, 15) is 18.5 Å². The molecule has 3 atom stereocenters. The zero-order valence-corrected chi connectivity index (χ0v) is 22.0. The van der Waals surface area contributed by atoms with Crippen LogP contribution in [0.5, 0.6) is 5.75 Å². The van der Waals surface area contributed by atoms with Gasteiger partial charge in [0.15, 0.2) is 0 Å². The Bertz CT molecular complexity index is 1500. The molecule has 0 amide bonds. The van der Waals surface area contributed by atoms with Gasteiger partial charge in [-0.15, -0.1) is 0 Å². The van der Waals surface area contributed by atoms with Gasteiger partial charge in [-0.1, -0.05) is 24.3 Å². The molecule has 0 aliphatic heterocycles. The molecule has 0 spiro atoms. The van der Waals surface area contributed by atoms with Gasteiger partial charge in [-0.05, 0) is 104 Å². The highest BCUT2D eigenvalue weighted by Crippen LogP contribution is 2.48. The predicted octanol–water partition coefficient (Wildman–Crippen LogP) is 5.74. The van der Waals surface area contributed by atoms with Crippen molar-refractivity contribution in [2.24, 2.45) is 5.92 Å². The third-order valence-corrected chi connectivity index (χ3v) is 9.43. The summed E-state index contributed by atoms with van der Waals surface area (Å²) in [5.74, 6) is 0.717. The average molecular weight is 516 g/mol. The molecule has 0 aromatic heterocycles. The van der Waals surface area contributed by atoms with E-state index in [1.807, 2.05) is 37.3 Å². The standard InChI is InChI=1S/C30H29NO5S/c1-4-35-30(32)26-16-25(26)21-8-10-22(11-9-21)36-27-13-12-24-23(27)6-5-7-28(24)37(33,34)29-18(2)14-20(17-31)15-19(29)3/h5-11,14-15,25-27H,4,12-13,16H2,1-3H3/t25-,26+,27-/m1/s1. The van der Waals surface area contributed by atoms with Crippen LogP contribution in [0.15, 0.2) is 64.4 Å². The molecule has 37 heavy (non-hydrogen) atoms. The molecule has 190 valence electrons. The molecule has 0 unspecified atom stereocenters. The Labute approximate surface area is 217 Å². The fourth-order valence-electron chi connectivity index (χ4n) is 5.54. The third-order valence-electron chi connectivity index (χ3n) is 7.29. The highest BCUT2D eigenvalue weighted by molar-refractivity contribution is 7.91. The molecule has 1 fully saturated rings. The van der Waals surface area contributed by atoms with E-state index in [-0.39, 0.29) is 28.8 Å². The molecule has 2 aliphatic carbocycles. The first-order valence-electron chi connectivity index (χ1n) is 12.6. The average Bonchev–Trinajstić information content (AvgIpc) is 3.58. The molecule has 7 heteroatoms. The maximum Gasteiger partial charge on any atom is 0.309 e. The SMILES string of the molecule is CCOC(=O)[C@H]1C[C@@H]1c1ccc(O[C@@H]2CCc3c2cccc3S(=O)(=O)c2c(C)cc(C#N)cc2C)cc1. The van der Waals surface area contributed by atoms with Crippen LogP contribution < -0.4 is 4.74 Å². The van der Waals surface area contributed by atoms with Crippen molar-refractivity contribution in [1.82, 2.24) is 0 Å². The van der Waals surface area contributed by atoms with Crippen LogP contribution in [0.25, 0.3) is 0 Å². The molecular weight excluding hydrogens is 486 g/mol. The van der Waals surface area contributed by atoms with Crippen LogP contribution in [0.3, 0.4) is 0 Å². The molecule has 0 N–H and O–H groups in total. The van der Waals surface area contributed by atoms with Crippen LogP contribution in [-0.2, 0) is 25.8 Å². The third kappa shape index (κ3) is 4.62. The Morgan fingerprint density at radius 2 is 1.78 bits per heavy atom. The monoisotopic (exact) mass is 515 g/mol. The summed E-state index contributed by atoms with van der Waals surface area (Å²) in [5, 5.41) is 9.24. The number of hydrogen-bond acceptors (Lipinski definition) is 6. The zero-order valence-electron chi connectivity index (χ0n) is 21.2. The summed E-state index contributed by atoms with van der Waals surface area (Å²) < 4.78 is 39.0. The zero-order chi connectivity index (χ0) is 26.3. The van der Waals surface area contributed by atoms with Crippen molar-refractivity contribution in [3.05, 3.63) is 88.0 Å². The molecular formula is C30H29NO5S. The summed E-state index contributed by atoms with van der Waals surface area (Å²) in [6, 6.07) is 18.5. The molecule has 0 radical (unpaired) electrons. The number of carbonyl (C=O) groups excluding carboxylic acids is 1. The predicted molar refractivity (Wildman–Crippen MR) is 138 cm³/mol. The first-order valence-corrected chi connectivity index (χ1v) is 14.0. The van der Waals surface area contributed by atoms with Gasteiger partial charge < -0.3 is 9.47 Å². The maximum atomic E-state index is 13.8. The number of esters is 1. The Kier molecular flexibility index (Phi) is 6.55. The summed E-state index contributed by atoms with van der Waals surface area (Å²) >= 11 is 0. The van der Waals surface area contributed by atoms with E-state index in [1.165, 1.54) is 0 Å². The first kappa shape index (κ1) is 25.0. The number of sulfone groups is 1. The minimum atomic E-state index is -3.77. The fourth-order valence-corrected chi connectivity index (χ4v) is 7.52. The number of rotatable bonds is 7. The Hall–Kier alpha value is -3.63. The van der Waals surface area contributed by atoms with E-state index in [0.29, 0.717) is 46.8 Å². The van der Waals surface area contributed by atoms with Gasteiger partial charge in [0, 0.05) is 0 Å². The lowest BCUT2D eigenvalue weighted by Crippen LogP contribution is -2.10. The number of ether oxygens (including phenoxy) is 2. The molecule has 5 rings (SSSR count). The van der Waals surface area contributed by atoms with E-state index < -0.39 is 9.84 Å². The van der Waals surface area contributed by atoms with Crippen LogP contribution >= 0.6 is 0 Å². The van der Waals surface area contributed by atoms with Crippen molar-refractivity contribution < 1.29 is 22.7 Å². The molecule has 2 aliphatic rings. The first-order chi connectivity index (χ1) is 17.7. The molecule has 1 saturated carbocycles. The van der Waals surface area contributed by atoms with Gasteiger partial charge in [0.2, 0.25) is 9.84 Å². The maximum absolute atomic E-state index is 13.8. The van der Waals surface area contributed by atoms with Crippen LogP contribution in [0.2, 0.25) is 0 Å². The summed E-state index contributed by atoms with van der Waals surface area (Å²) in [5.41, 5.74) is 4.37. The van der Waals surface area contributed by atoms with Crippen LogP contribution in [-0.4, -0.2) is 21.0 Å². The molecule has 3 aromatic carbocycles. The largest absolute Gasteiger partial charge is 0.486 e. The minimum Gasteiger partial charge on any atom is -0.486 e. The van der Waals surface area contributed by atoms with Gasteiger partial charge in [-0.25, -0.2) is 8.42 Å². The van der Waals surface area contributed by atoms with Gasteiger partial charge in [-0.3, -0.25) is 4.79 Å². The highest BCUT2D eigenvalue weighted by Gasteiger charge is 2.45. The van der Waals surface area contributed by atoms with E-state index >= 15 is 0 Å². The van der Waals surface area contributed by atoms with E-state index in [2.05, 4.69) is 6.07 Å². The Morgan fingerprint density at radius 1 is 1.08 bits per heavy atom. The Balaban J connectivity index is 1.37. The van der Waals surface area contributed by atoms with Gasteiger partial charge in [0.05, 0.1) is 33.9 Å². The lowest BCUT2D eigenvalue weighted by Gasteiger charge is -2.17. The number of nitrogens with zero attached hydrogens (tertiary/aromatic N) is 1. The van der Waals surface area contributed by atoms with Gasteiger partial charge >= 0.3 is 5.97 Å². The van der Waals surface area contributed by atoms with E-state index in [0.717, 1.165) is 23.1 Å². The van der Waals surface area contributed by atoms with Crippen LogP contribution in [0.4, 0.5) is 0 Å². The number of fused-ring (bicyclic) bond motifs is 1.